The van der Waals surface area contributed by atoms with Gasteiger partial charge in [-0.2, -0.15) is 0 Å². The van der Waals surface area contributed by atoms with Gasteiger partial charge in [0.05, 0.1) is 5.69 Å². The van der Waals surface area contributed by atoms with E-state index < -0.39 is 0 Å². The van der Waals surface area contributed by atoms with Gasteiger partial charge in [-0.15, -0.1) is 0 Å². The average Bonchev–Trinajstić information content (AvgIpc) is 2.54. The van der Waals surface area contributed by atoms with Crippen molar-refractivity contribution < 1.29 is 4.79 Å². The third kappa shape index (κ3) is 4.49. The molecule has 0 bridgehead atoms. The lowest BCUT2D eigenvalue weighted by Gasteiger charge is -2.19. The quantitative estimate of drug-likeness (QED) is 0.672. The Morgan fingerprint density at radius 3 is 2.38 bits per heavy atom. The normalized spacial score (nSPS) is 10.6. The van der Waals surface area contributed by atoms with Crippen LogP contribution in [0.15, 0.2) is 60.7 Å². The van der Waals surface area contributed by atoms with E-state index >= 15 is 0 Å². The van der Waals surface area contributed by atoms with E-state index in [1.807, 2.05) is 55.6 Å². The van der Waals surface area contributed by atoms with Gasteiger partial charge in [0.1, 0.15) is 0 Å². The Labute approximate surface area is 125 Å². The number of nitrogens with zero attached hydrogens (tertiary/aromatic N) is 1. The number of carbonyl (C=O) groups is 1. The first kappa shape index (κ1) is 14.9. The molecule has 0 saturated carbocycles. The summed E-state index contributed by atoms with van der Waals surface area (Å²) < 4.78 is 0. The Kier molecular flexibility index (Phi) is 5.16. The van der Waals surface area contributed by atoms with E-state index in [9.17, 15) is 4.79 Å². The first-order chi connectivity index (χ1) is 10.2. The highest BCUT2D eigenvalue weighted by molar-refractivity contribution is 5.92. The summed E-state index contributed by atoms with van der Waals surface area (Å²) >= 11 is 0. The molecule has 3 nitrogen and oxygen atoms in total. The van der Waals surface area contributed by atoms with Crippen LogP contribution >= 0.6 is 0 Å². The molecule has 0 atom stereocenters. The summed E-state index contributed by atoms with van der Waals surface area (Å²) in [5.74, 6) is -0.152. The van der Waals surface area contributed by atoms with Crippen LogP contribution in [0.2, 0.25) is 0 Å². The first-order valence-electron chi connectivity index (χ1n) is 7.05. The van der Waals surface area contributed by atoms with Crippen LogP contribution in [0.4, 0.5) is 5.69 Å². The summed E-state index contributed by atoms with van der Waals surface area (Å²) in [7, 11) is 1.82. The number of aryl methyl sites for hydroxylation is 1. The number of hydrogen-bond acceptors (Lipinski definition) is 2. The van der Waals surface area contributed by atoms with Gasteiger partial charge in [-0.25, -0.2) is 0 Å². The van der Waals surface area contributed by atoms with E-state index in [4.69, 9.17) is 0 Å². The van der Waals surface area contributed by atoms with Crippen molar-refractivity contribution >= 4 is 17.7 Å². The molecule has 0 fully saturated rings. The second-order valence-corrected chi connectivity index (χ2v) is 4.80. The molecule has 0 aliphatic rings. The van der Waals surface area contributed by atoms with Crippen LogP contribution < -0.4 is 10.4 Å². The van der Waals surface area contributed by atoms with Gasteiger partial charge < -0.3 is 0 Å². The number of amides is 1. The zero-order valence-corrected chi connectivity index (χ0v) is 12.4. The van der Waals surface area contributed by atoms with Crippen LogP contribution in [0.25, 0.3) is 6.08 Å². The number of para-hydroxylation sites is 1. The van der Waals surface area contributed by atoms with Crippen molar-refractivity contribution in [1.82, 2.24) is 5.43 Å². The van der Waals surface area contributed by atoms with Gasteiger partial charge in [-0.3, -0.25) is 15.2 Å². The number of rotatable bonds is 5. The van der Waals surface area contributed by atoms with Crippen LogP contribution in [0.5, 0.6) is 0 Å². The van der Waals surface area contributed by atoms with Gasteiger partial charge >= 0.3 is 0 Å². The molecule has 0 unspecified atom stereocenters. The minimum absolute atomic E-state index is 0.152. The van der Waals surface area contributed by atoms with Gasteiger partial charge in [0.2, 0.25) is 0 Å². The van der Waals surface area contributed by atoms with Gasteiger partial charge in [-0.05, 0) is 35.8 Å². The number of hydrogen-bond donors (Lipinski definition) is 1. The molecule has 108 valence electrons. The molecule has 1 N–H and O–H groups in total. The number of nitrogens with one attached hydrogen (secondary N) is 1. The Balaban J connectivity index is 1.93. The second-order valence-electron chi connectivity index (χ2n) is 4.80. The molecule has 21 heavy (non-hydrogen) atoms. The molecule has 0 heterocycles. The minimum Gasteiger partial charge on any atom is -0.288 e. The maximum Gasteiger partial charge on any atom is 0.262 e. The summed E-state index contributed by atoms with van der Waals surface area (Å²) in [6, 6.07) is 17.9. The smallest absolute Gasteiger partial charge is 0.262 e. The molecule has 0 aliphatic carbocycles. The van der Waals surface area contributed by atoms with Gasteiger partial charge in [0.15, 0.2) is 0 Å². The van der Waals surface area contributed by atoms with Crippen LogP contribution in [0.1, 0.15) is 18.1 Å². The summed E-state index contributed by atoms with van der Waals surface area (Å²) in [5.41, 5.74) is 6.04. The Bertz CT molecular complexity index is 603. The monoisotopic (exact) mass is 280 g/mol. The summed E-state index contributed by atoms with van der Waals surface area (Å²) in [5, 5.41) is 1.70. The molecule has 0 aliphatic heterocycles. The largest absolute Gasteiger partial charge is 0.288 e. The predicted octanol–water partition coefficient (Wildman–Crippen LogP) is 3.43. The summed E-state index contributed by atoms with van der Waals surface area (Å²) in [4.78, 5) is 11.9. The molecule has 0 radical (unpaired) electrons. The van der Waals surface area contributed by atoms with Crippen molar-refractivity contribution in [2.24, 2.45) is 0 Å². The molecule has 0 aromatic heterocycles. The summed E-state index contributed by atoms with van der Waals surface area (Å²) in [6.07, 6.45) is 4.38. The maximum absolute atomic E-state index is 11.9. The van der Waals surface area contributed by atoms with Crippen molar-refractivity contribution in [3.05, 3.63) is 71.8 Å². The van der Waals surface area contributed by atoms with E-state index in [1.165, 1.54) is 5.56 Å². The molecule has 2 aromatic carbocycles. The van der Waals surface area contributed by atoms with E-state index in [-0.39, 0.29) is 5.91 Å². The minimum atomic E-state index is -0.152. The summed E-state index contributed by atoms with van der Waals surface area (Å²) in [6.45, 7) is 2.12. The molecule has 2 aromatic rings. The van der Waals surface area contributed by atoms with Crippen molar-refractivity contribution in [1.29, 1.82) is 0 Å². The fourth-order valence-electron chi connectivity index (χ4n) is 1.96. The highest BCUT2D eigenvalue weighted by Crippen LogP contribution is 2.09. The lowest BCUT2D eigenvalue weighted by molar-refractivity contribution is -0.116. The van der Waals surface area contributed by atoms with Gasteiger partial charge in [0, 0.05) is 13.1 Å². The van der Waals surface area contributed by atoms with Crippen molar-refractivity contribution in [3.8, 4) is 0 Å². The van der Waals surface area contributed by atoms with Crippen LogP contribution in [0, 0.1) is 0 Å². The van der Waals surface area contributed by atoms with Gasteiger partial charge in [-0.1, -0.05) is 49.4 Å². The molecule has 0 spiro atoms. The second kappa shape index (κ2) is 7.29. The lowest BCUT2D eigenvalue weighted by Crippen LogP contribution is -2.38. The fourth-order valence-corrected chi connectivity index (χ4v) is 1.96. The molecule has 3 heteroatoms. The Hall–Kier alpha value is -2.55. The molecular formula is C18H20N2O. The molecule has 0 saturated heterocycles. The van der Waals surface area contributed by atoms with E-state index in [0.717, 1.165) is 17.7 Å². The highest BCUT2D eigenvalue weighted by Gasteiger charge is 2.02. The van der Waals surface area contributed by atoms with Gasteiger partial charge in [0.25, 0.3) is 5.91 Å². The number of anilines is 1. The van der Waals surface area contributed by atoms with Crippen molar-refractivity contribution in [2.45, 2.75) is 13.3 Å². The zero-order valence-electron chi connectivity index (χ0n) is 12.4. The number of carbonyl (C=O) groups excluding carboxylic acids is 1. The van der Waals surface area contributed by atoms with E-state index in [1.54, 1.807) is 11.1 Å². The number of hydrazine groups is 1. The van der Waals surface area contributed by atoms with E-state index in [0.29, 0.717) is 0 Å². The van der Waals surface area contributed by atoms with Crippen LogP contribution in [0.3, 0.4) is 0 Å². The number of benzene rings is 2. The standard InChI is InChI=1S/C18H20N2O/c1-3-15-9-11-16(12-10-15)13-14-18(21)19-20(2)17-7-5-4-6-8-17/h4-14H,3H2,1-2H3,(H,19,21)/b14-13+. The Morgan fingerprint density at radius 1 is 1.10 bits per heavy atom. The fraction of sp³-hybridized carbons (Fsp3) is 0.167. The third-order valence-corrected chi connectivity index (χ3v) is 3.24. The van der Waals surface area contributed by atoms with Crippen LogP contribution in [-0.4, -0.2) is 13.0 Å². The highest BCUT2D eigenvalue weighted by atomic mass is 16.2. The SMILES string of the molecule is CCc1ccc(/C=C/C(=O)NN(C)c2ccccc2)cc1. The Morgan fingerprint density at radius 2 is 1.76 bits per heavy atom. The predicted molar refractivity (Wildman–Crippen MR) is 87.8 cm³/mol. The topological polar surface area (TPSA) is 32.3 Å². The van der Waals surface area contributed by atoms with Crippen molar-refractivity contribution in [2.75, 3.05) is 12.1 Å². The third-order valence-electron chi connectivity index (χ3n) is 3.24. The zero-order chi connectivity index (χ0) is 15.1. The van der Waals surface area contributed by atoms with Crippen LogP contribution in [-0.2, 0) is 11.2 Å². The molecule has 2 rings (SSSR count). The maximum atomic E-state index is 11.9. The van der Waals surface area contributed by atoms with E-state index in [2.05, 4.69) is 24.5 Å². The molecule has 1 amide bonds. The molecular weight excluding hydrogens is 260 g/mol. The first-order valence-corrected chi connectivity index (χ1v) is 7.05. The average molecular weight is 280 g/mol. The lowest BCUT2D eigenvalue weighted by atomic mass is 10.1. The van der Waals surface area contributed by atoms with Crippen molar-refractivity contribution in [3.63, 3.8) is 0 Å².